The Bertz CT molecular complexity index is 1450. The van der Waals surface area contributed by atoms with Crippen molar-refractivity contribution in [3.8, 4) is 5.75 Å². The number of carbonyl (C=O) groups is 1. The third-order valence-corrected chi connectivity index (χ3v) is 6.86. The molecule has 0 saturated heterocycles. The lowest BCUT2D eigenvalue weighted by Gasteiger charge is -2.21. The van der Waals surface area contributed by atoms with E-state index in [1.807, 2.05) is 41.8 Å². The number of hydrogen-bond donors (Lipinski definition) is 2. The van der Waals surface area contributed by atoms with Gasteiger partial charge in [-0.25, -0.2) is 4.98 Å². The molecule has 2 aliphatic rings. The quantitative estimate of drug-likeness (QED) is 0.434. The molecule has 5 rings (SSSR count). The topological polar surface area (TPSA) is 76.4 Å². The predicted molar refractivity (Wildman–Crippen MR) is 134 cm³/mol. The van der Waals surface area contributed by atoms with Crippen LogP contribution < -0.4 is 10.1 Å². The third kappa shape index (κ3) is 4.01. The van der Waals surface area contributed by atoms with E-state index < -0.39 is 18.3 Å². The largest absolute Gasteiger partial charge is 0.434 e. The van der Waals surface area contributed by atoms with Gasteiger partial charge in [0.1, 0.15) is 11.6 Å². The molecular formula is C28H27F2N3O3. The second kappa shape index (κ2) is 8.71. The van der Waals surface area contributed by atoms with Crippen LogP contribution in [0.15, 0.2) is 66.8 Å². The second-order valence-electron chi connectivity index (χ2n) is 9.58. The number of nitrogens with one attached hydrogen (secondary N) is 1. The maximum absolute atomic E-state index is 13.2. The monoisotopic (exact) mass is 491 g/mol. The molecule has 0 aliphatic carbocycles. The standard InChI is InChI=1S/C28H27F2N3O3/c1-5-16(10-9-15(2)28(3,4)35)17-11-12-19-21(13-17)33-22-14-20(25(33)31-19)32-26(34)18-7-6-8-23(24(18)22)36-27(29)30/h5-13,20,22,27,35H,2,14H2,1,3-4H3,(H,32,34)/b10-9-,16-5+/t20-,22-/m1/s1. The number of rotatable bonds is 6. The highest BCUT2D eigenvalue weighted by molar-refractivity contribution is 5.98. The van der Waals surface area contributed by atoms with Gasteiger partial charge >= 0.3 is 6.61 Å². The van der Waals surface area contributed by atoms with E-state index in [0.717, 1.165) is 22.2 Å². The van der Waals surface area contributed by atoms with E-state index in [9.17, 15) is 18.7 Å². The molecular weight excluding hydrogens is 464 g/mol. The van der Waals surface area contributed by atoms with Crippen molar-refractivity contribution < 1.29 is 23.4 Å². The molecule has 1 aromatic heterocycles. The summed E-state index contributed by atoms with van der Waals surface area (Å²) in [5, 5.41) is 13.2. The highest BCUT2D eigenvalue weighted by Crippen LogP contribution is 2.47. The summed E-state index contributed by atoms with van der Waals surface area (Å²) in [5.74, 6) is 0.354. The molecule has 0 saturated carbocycles. The van der Waals surface area contributed by atoms with Crippen molar-refractivity contribution in [2.24, 2.45) is 0 Å². The van der Waals surface area contributed by atoms with Gasteiger partial charge in [0.25, 0.3) is 5.91 Å². The molecule has 3 heterocycles. The van der Waals surface area contributed by atoms with Crippen molar-refractivity contribution in [1.29, 1.82) is 0 Å². The number of imidazole rings is 1. The predicted octanol–water partition coefficient (Wildman–Crippen LogP) is 5.70. The van der Waals surface area contributed by atoms with Gasteiger partial charge in [-0.05, 0) is 68.2 Å². The minimum absolute atomic E-state index is 0.00337. The van der Waals surface area contributed by atoms with Crippen molar-refractivity contribution in [2.75, 3.05) is 0 Å². The van der Waals surface area contributed by atoms with Gasteiger partial charge in [0.2, 0.25) is 0 Å². The first-order valence-corrected chi connectivity index (χ1v) is 11.8. The molecule has 0 unspecified atom stereocenters. The lowest BCUT2D eigenvalue weighted by molar-refractivity contribution is -0.0507. The minimum Gasteiger partial charge on any atom is -0.434 e. The molecule has 186 valence electrons. The van der Waals surface area contributed by atoms with Crippen LogP contribution in [-0.2, 0) is 0 Å². The van der Waals surface area contributed by atoms with Gasteiger partial charge in [-0.15, -0.1) is 0 Å². The average molecular weight is 492 g/mol. The summed E-state index contributed by atoms with van der Waals surface area (Å²) >= 11 is 0. The molecule has 3 aromatic rings. The zero-order valence-electron chi connectivity index (χ0n) is 20.3. The fourth-order valence-electron chi connectivity index (χ4n) is 4.94. The Kier molecular flexibility index (Phi) is 5.79. The SMILES string of the molecule is C=C(/C=C\C(=C/C)c1ccc2nc3n(c2c1)[C@@H]1C[C@H]3NC(=O)c2cccc(OC(F)F)c21)C(C)(C)O. The number of benzene rings is 2. The number of allylic oxidation sites excluding steroid dienone is 3. The Hall–Kier alpha value is -3.78. The number of ether oxygens (including phenoxy) is 1. The number of carbonyl (C=O) groups excluding carboxylic acids is 1. The normalized spacial score (nSPS) is 19.4. The van der Waals surface area contributed by atoms with Crippen molar-refractivity contribution in [2.45, 2.75) is 51.5 Å². The van der Waals surface area contributed by atoms with Gasteiger partial charge in [-0.3, -0.25) is 4.79 Å². The van der Waals surface area contributed by atoms with Crippen LogP contribution in [0.2, 0.25) is 0 Å². The molecule has 36 heavy (non-hydrogen) atoms. The molecule has 2 aromatic carbocycles. The Balaban J connectivity index is 1.63. The first-order chi connectivity index (χ1) is 17.1. The number of nitrogens with zero attached hydrogens (tertiary/aromatic N) is 2. The van der Waals surface area contributed by atoms with Crippen LogP contribution in [-0.4, -0.2) is 32.8 Å². The van der Waals surface area contributed by atoms with E-state index in [1.165, 1.54) is 6.07 Å². The minimum atomic E-state index is -3.01. The Morgan fingerprint density at radius 3 is 2.78 bits per heavy atom. The molecule has 1 amide bonds. The van der Waals surface area contributed by atoms with Gasteiger partial charge in [-0.1, -0.05) is 36.9 Å². The number of alkyl halides is 2. The van der Waals surface area contributed by atoms with Crippen LogP contribution in [0.1, 0.15) is 66.6 Å². The van der Waals surface area contributed by atoms with Crippen LogP contribution in [0, 0.1) is 0 Å². The number of fused-ring (bicyclic) bond motifs is 9. The Morgan fingerprint density at radius 1 is 1.31 bits per heavy atom. The van der Waals surface area contributed by atoms with Crippen molar-refractivity contribution in [3.63, 3.8) is 0 Å². The summed E-state index contributed by atoms with van der Waals surface area (Å²) in [6.45, 7) is 6.22. The Morgan fingerprint density at radius 2 is 2.08 bits per heavy atom. The molecule has 2 bridgehead atoms. The van der Waals surface area contributed by atoms with Crippen LogP contribution in [0.3, 0.4) is 0 Å². The molecule has 6 nitrogen and oxygen atoms in total. The number of hydrogen-bond acceptors (Lipinski definition) is 4. The van der Waals surface area contributed by atoms with E-state index in [2.05, 4.69) is 11.9 Å². The first-order valence-electron chi connectivity index (χ1n) is 11.8. The van der Waals surface area contributed by atoms with E-state index in [-0.39, 0.29) is 17.7 Å². The lowest BCUT2D eigenvalue weighted by Crippen LogP contribution is -2.28. The van der Waals surface area contributed by atoms with Gasteiger partial charge in [0.15, 0.2) is 0 Å². The van der Waals surface area contributed by atoms with E-state index >= 15 is 0 Å². The molecule has 0 radical (unpaired) electrons. The number of halogens is 2. The van der Waals surface area contributed by atoms with Gasteiger partial charge in [-0.2, -0.15) is 8.78 Å². The number of aromatic nitrogens is 2. The number of amides is 1. The fourth-order valence-corrected chi connectivity index (χ4v) is 4.94. The third-order valence-electron chi connectivity index (χ3n) is 6.86. The summed E-state index contributed by atoms with van der Waals surface area (Å²) in [4.78, 5) is 17.7. The zero-order valence-corrected chi connectivity index (χ0v) is 20.3. The smallest absolute Gasteiger partial charge is 0.387 e. The van der Waals surface area contributed by atoms with E-state index in [1.54, 1.807) is 32.1 Å². The summed E-state index contributed by atoms with van der Waals surface area (Å²) in [5.41, 5.74) is 3.74. The maximum Gasteiger partial charge on any atom is 0.387 e. The molecule has 0 spiro atoms. The highest BCUT2D eigenvalue weighted by Gasteiger charge is 2.42. The van der Waals surface area contributed by atoms with Crippen LogP contribution in [0.4, 0.5) is 8.78 Å². The van der Waals surface area contributed by atoms with E-state index in [0.29, 0.717) is 28.9 Å². The summed E-state index contributed by atoms with van der Waals surface area (Å²) in [6, 6.07) is 9.79. The maximum atomic E-state index is 13.2. The van der Waals surface area contributed by atoms with Crippen LogP contribution in [0.25, 0.3) is 16.6 Å². The highest BCUT2D eigenvalue weighted by atomic mass is 19.3. The van der Waals surface area contributed by atoms with Gasteiger partial charge < -0.3 is 19.7 Å². The summed E-state index contributed by atoms with van der Waals surface area (Å²) < 4.78 is 33.3. The van der Waals surface area contributed by atoms with Crippen molar-refractivity contribution >= 4 is 22.5 Å². The zero-order chi connectivity index (χ0) is 25.8. The average Bonchev–Trinajstić information content (AvgIpc) is 3.30. The second-order valence-corrected chi connectivity index (χ2v) is 9.58. The molecule has 0 fully saturated rings. The van der Waals surface area contributed by atoms with Crippen LogP contribution in [0.5, 0.6) is 5.75 Å². The van der Waals surface area contributed by atoms with Crippen molar-refractivity contribution in [3.05, 3.63) is 89.3 Å². The molecule has 2 aliphatic heterocycles. The van der Waals surface area contributed by atoms with E-state index in [4.69, 9.17) is 9.72 Å². The lowest BCUT2D eigenvalue weighted by atomic mass is 9.96. The fraction of sp³-hybridized carbons (Fsp3) is 0.286. The summed E-state index contributed by atoms with van der Waals surface area (Å²) in [6.07, 6.45) is 6.14. The van der Waals surface area contributed by atoms with Gasteiger partial charge in [0.05, 0.1) is 28.7 Å². The molecule has 2 N–H and O–H groups in total. The first kappa shape index (κ1) is 23.9. The molecule has 8 heteroatoms. The molecule has 2 atom stereocenters. The Labute approximate surface area is 207 Å². The van der Waals surface area contributed by atoms with Crippen LogP contribution >= 0.6 is 0 Å². The van der Waals surface area contributed by atoms with Gasteiger partial charge in [0, 0.05) is 11.1 Å². The number of aliphatic hydroxyl groups is 1. The summed E-state index contributed by atoms with van der Waals surface area (Å²) in [7, 11) is 0. The van der Waals surface area contributed by atoms with Crippen molar-refractivity contribution in [1.82, 2.24) is 14.9 Å².